The number of aromatic carboxylic acids is 1. The van der Waals surface area contributed by atoms with Crippen LogP contribution in [0.1, 0.15) is 38.9 Å². The number of aryl methyl sites for hydroxylation is 2. The predicted molar refractivity (Wildman–Crippen MR) is 76.3 cm³/mol. The van der Waals surface area contributed by atoms with Gasteiger partial charge in [0.15, 0.2) is 0 Å². The molecule has 1 amide bonds. The van der Waals surface area contributed by atoms with Crippen LogP contribution in [0.3, 0.4) is 0 Å². The zero-order valence-electron chi connectivity index (χ0n) is 11.4. The Balaban J connectivity index is 2.31. The van der Waals surface area contributed by atoms with Gasteiger partial charge in [-0.3, -0.25) is 4.79 Å². The molecule has 2 rings (SSSR count). The summed E-state index contributed by atoms with van der Waals surface area (Å²) in [6, 6.07) is 7.27. The van der Waals surface area contributed by atoms with Crippen molar-refractivity contribution in [3.63, 3.8) is 0 Å². The highest BCUT2D eigenvalue weighted by Crippen LogP contribution is 2.20. The van der Waals surface area contributed by atoms with Crippen LogP contribution in [0.15, 0.2) is 30.5 Å². The quantitative estimate of drug-likeness (QED) is 0.800. The smallest absolute Gasteiger partial charge is 0.339 e. The Hall–Kier alpha value is -2.56. The van der Waals surface area contributed by atoms with Crippen LogP contribution in [0.4, 0.5) is 5.69 Å². The SMILES string of the molecule is CCc1ccccc1C(=O)Nc1c[nH]c(C)c1C(=O)O. The zero-order chi connectivity index (χ0) is 14.7. The van der Waals surface area contributed by atoms with E-state index in [1.54, 1.807) is 19.1 Å². The molecule has 0 spiro atoms. The Morgan fingerprint density at radius 2 is 2.00 bits per heavy atom. The lowest BCUT2D eigenvalue weighted by Gasteiger charge is -2.08. The normalized spacial score (nSPS) is 10.3. The van der Waals surface area contributed by atoms with Gasteiger partial charge in [0, 0.05) is 17.5 Å². The number of nitrogens with one attached hydrogen (secondary N) is 2. The molecule has 1 heterocycles. The molecule has 0 fully saturated rings. The third-order valence-electron chi connectivity index (χ3n) is 3.18. The minimum absolute atomic E-state index is 0.0901. The van der Waals surface area contributed by atoms with Crippen LogP contribution in [-0.4, -0.2) is 22.0 Å². The fraction of sp³-hybridized carbons (Fsp3) is 0.200. The molecule has 2 aromatic rings. The van der Waals surface area contributed by atoms with Crippen molar-refractivity contribution in [3.8, 4) is 0 Å². The number of carboxylic acid groups (broad SMARTS) is 1. The Morgan fingerprint density at radius 1 is 1.30 bits per heavy atom. The molecule has 0 aliphatic carbocycles. The summed E-state index contributed by atoms with van der Waals surface area (Å²) in [4.78, 5) is 26.2. The molecule has 20 heavy (non-hydrogen) atoms. The van der Waals surface area contributed by atoms with Crippen LogP contribution < -0.4 is 5.32 Å². The average molecular weight is 272 g/mol. The van der Waals surface area contributed by atoms with Gasteiger partial charge in [-0.15, -0.1) is 0 Å². The third kappa shape index (κ3) is 2.56. The van der Waals surface area contributed by atoms with Gasteiger partial charge in [-0.05, 0) is 25.0 Å². The van der Waals surface area contributed by atoms with Gasteiger partial charge in [0.1, 0.15) is 5.56 Å². The number of benzene rings is 1. The second-order valence-corrected chi connectivity index (χ2v) is 4.47. The molecular formula is C15H16N2O3. The lowest BCUT2D eigenvalue weighted by Crippen LogP contribution is -2.15. The average Bonchev–Trinajstić information content (AvgIpc) is 2.79. The standard InChI is InChI=1S/C15H16N2O3/c1-3-10-6-4-5-7-11(10)14(18)17-12-8-16-9(2)13(12)15(19)20/h4-8,16H,3H2,1-2H3,(H,17,18)(H,19,20). The molecule has 5 nitrogen and oxygen atoms in total. The van der Waals surface area contributed by atoms with Crippen molar-refractivity contribution in [2.24, 2.45) is 0 Å². The van der Waals surface area contributed by atoms with E-state index in [1.807, 2.05) is 19.1 Å². The summed E-state index contributed by atoms with van der Waals surface area (Å²) in [7, 11) is 0. The van der Waals surface area contributed by atoms with Crippen molar-refractivity contribution in [1.29, 1.82) is 0 Å². The highest BCUT2D eigenvalue weighted by molar-refractivity contribution is 6.08. The van der Waals surface area contributed by atoms with Gasteiger partial charge >= 0.3 is 5.97 Å². The van der Waals surface area contributed by atoms with Crippen molar-refractivity contribution in [2.75, 3.05) is 5.32 Å². The van der Waals surface area contributed by atoms with Crippen LogP contribution in [0.25, 0.3) is 0 Å². The van der Waals surface area contributed by atoms with E-state index >= 15 is 0 Å². The van der Waals surface area contributed by atoms with E-state index in [2.05, 4.69) is 10.3 Å². The minimum atomic E-state index is -1.07. The first-order valence-electron chi connectivity index (χ1n) is 6.35. The number of carbonyl (C=O) groups excluding carboxylic acids is 1. The lowest BCUT2D eigenvalue weighted by atomic mass is 10.0. The van der Waals surface area contributed by atoms with E-state index in [1.165, 1.54) is 6.20 Å². The van der Waals surface area contributed by atoms with Gasteiger partial charge in [-0.25, -0.2) is 4.79 Å². The maximum atomic E-state index is 12.3. The first-order chi connectivity index (χ1) is 9.54. The summed E-state index contributed by atoms with van der Waals surface area (Å²) in [5.41, 5.74) is 2.37. The number of rotatable bonds is 4. The first-order valence-corrected chi connectivity index (χ1v) is 6.35. The Bertz CT molecular complexity index is 659. The highest BCUT2D eigenvalue weighted by Gasteiger charge is 2.18. The summed E-state index contributed by atoms with van der Waals surface area (Å²) >= 11 is 0. The fourth-order valence-electron chi connectivity index (χ4n) is 2.14. The van der Waals surface area contributed by atoms with Crippen LogP contribution >= 0.6 is 0 Å². The van der Waals surface area contributed by atoms with E-state index in [0.717, 1.165) is 12.0 Å². The number of hydrogen-bond donors (Lipinski definition) is 3. The summed E-state index contributed by atoms with van der Waals surface area (Å²) in [5.74, 6) is -1.37. The molecule has 0 bridgehead atoms. The van der Waals surface area contributed by atoms with Gasteiger partial charge < -0.3 is 15.4 Å². The van der Waals surface area contributed by atoms with E-state index in [4.69, 9.17) is 5.11 Å². The number of hydrogen-bond acceptors (Lipinski definition) is 2. The van der Waals surface area contributed by atoms with Crippen molar-refractivity contribution in [3.05, 3.63) is 52.8 Å². The number of amides is 1. The predicted octanol–water partition coefficient (Wildman–Crippen LogP) is 2.84. The maximum absolute atomic E-state index is 12.3. The minimum Gasteiger partial charge on any atom is -0.478 e. The van der Waals surface area contributed by atoms with E-state index in [9.17, 15) is 9.59 Å². The van der Waals surface area contributed by atoms with Gasteiger partial charge in [-0.1, -0.05) is 25.1 Å². The van der Waals surface area contributed by atoms with Gasteiger partial charge in [0.2, 0.25) is 0 Å². The Kier molecular flexibility index (Phi) is 3.89. The van der Waals surface area contributed by atoms with E-state index < -0.39 is 5.97 Å². The zero-order valence-corrected chi connectivity index (χ0v) is 11.4. The second kappa shape index (κ2) is 5.61. The summed E-state index contributed by atoms with van der Waals surface area (Å²) in [6.07, 6.45) is 2.23. The summed E-state index contributed by atoms with van der Waals surface area (Å²) in [5, 5.41) is 11.8. The fourth-order valence-corrected chi connectivity index (χ4v) is 2.14. The molecule has 5 heteroatoms. The first kappa shape index (κ1) is 13.9. The molecule has 0 unspecified atom stereocenters. The Labute approximate surface area is 116 Å². The molecule has 3 N–H and O–H groups in total. The number of aromatic nitrogens is 1. The van der Waals surface area contributed by atoms with Crippen LogP contribution in [-0.2, 0) is 6.42 Å². The second-order valence-electron chi connectivity index (χ2n) is 4.47. The lowest BCUT2D eigenvalue weighted by molar-refractivity contribution is 0.0697. The molecule has 1 aromatic carbocycles. The van der Waals surface area contributed by atoms with Crippen molar-refractivity contribution < 1.29 is 14.7 Å². The number of carboxylic acids is 1. The van der Waals surface area contributed by atoms with Gasteiger partial charge in [-0.2, -0.15) is 0 Å². The molecule has 0 radical (unpaired) electrons. The van der Waals surface area contributed by atoms with Crippen molar-refractivity contribution in [2.45, 2.75) is 20.3 Å². The van der Waals surface area contributed by atoms with E-state index in [0.29, 0.717) is 11.3 Å². The monoisotopic (exact) mass is 272 g/mol. The summed E-state index contributed by atoms with van der Waals surface area (Å²) < 4.78 is 0. The molecule has 0 aliphatic heterocycles. The number of anilines is 1. The van der Waals surface area contributed by atoms with Gasteiger partial charge in [0.05, 0.1) is 5.69 Å². The number of carbonyl (C=O) groups is 2. The molecule has 104 valence electrons. The van der Waals surface area contributed by atoms with Crippen LogP contribution in [0.5, 0.6) is 0 Å². The maximum Gasteiger partial charge on any atom is 0.339 e. The topological polar surface area (TPSA) is 82.2 Å². The summed E-state index contributed by atoms with van der Waals surface area (Å²) in [6.45, 7) is 3.62. The molecular weight excluding hydrogens is 256 g/mol. The van der Waals surface area contributed by atoms with E-state index in [-0.39, 0.29) is 17.2 Å². The highest BCUT2D eigenvalue weighted by atomic mass is 16.4. The van der Waals surface area contributed by atoms with Gasteiger partial charge in [0.25, 0.3) is 5.91 Å². The van der Waals surface area contributed by atoms with Crippen molar-refractivity contribution in [1.82, 2.24) is 4.98 Å². The van der Waals surface area contributed by atoms with Crippen LogP contribution in [0.2, 0.25) is 0 Å². The third-order valence-corrected chi connectivity index (χ3v) is 3.18. The largest absolute Gasteiger partial charge is 0.478 e. The molecule has 0 aliphatic rings. The van der Waals surface area contributed by atoms with Crippen LogP contribution in [0, 0.1) is 6.92 Å². The molecule has 0 atom stereocenters. The molecule has 0 saturated carbocycles. The Morgan fingerprint density at radius 3 is 2.65 bits per heavy atom. The number of aromatic amines is 1. The number of H-pyrrole nitrogens is 1. The molecule has 1 aromatic heterocycles. The molecule has 0 saturated heterocycles. The van der Waals surface area contributed by atoms with Crippen molar-refractivity contribution >= 4 is 17.6 Å².